The van der Waals surface area contributed by atoms with Crippen molar-refractivity contribution in [1.82, 2.24) is 4.98 Å². The molecule has 0 spiro atoms. The lowest BCUT2D eigenvalue weighted by molar-refractivity contribution is 0.343. The van der Waals surface area contributed by atoms with E-state index in [1.165, 1.54) is 31.4 Å². The molecule has 0 aliphatic heterocycles. The zero-order valence-corrected chi connectivity index (χ0v) is 9.30. The Morgan fingerprint density at radius 1 is 1.50 bits per heavy atom. The maximum Gasteiger partial charge on any atom is 0.0794 e. The van der Waals surface area contributed by atoms with Crippen molar-refractivity contribution in [2.45, 2.75) is 32.1 Å². The molecule has 1 unspecified atom stereocenters. The van der Waals surface area contributed by atoms with E-state index in [1.807, 2.05) is 5.51 Å². The molecule has 0 radical (unpaired) electrons. The molecule has 1 atom stereocenters. The summed E-state index contributed by atoms with van der Waals surface area (Å²) in [5.41, 5.74) is 8.99. The lowest BCUT2D eigenvalue weighted by Crippen LogP contribution is -2.24. The summed E-state index contributed by atoms with van der Waals surface area (Å²) < 4.78 is 0. The van der Waals surface area contributed by atoms with Gasteiger partial charge in [-0.1, -0.05) is 25.7 Å². The first-order valence-corrected chi connectivity index (χ1v) is 6.41. The van der Waals surface area contributed by atoms with E-state index in [4.69, 9.17) is 5.73 Å². The maximum absolute atomic E-state index is 5.84. The van der Waals surface area contributed by atoms with E-state index in [1.54, 1.807) is 11.3 Å². The van der Waals surface area contributed by atoms with Crippen molar-refractivity contribution in [3.05, 3.63) is 16.6 Å². The number of aromatic nitrogens is 1. The number of hydrogen-bond acceptors (Lipinski definition) is 3. The Kier molecular flexibility index (Phi) is 3.54. The van der Waals surface area contributed by atoms with Crippen LogP contribution in [0.1, 0.15) is 31.4 Å². The van der Waals surface area contributed by atoms with Gasteiger partial charge >= 0.3 is 0 Å². The monoisotopic (exact) mass is 210 g/mol. The topological polar surface area (TPSA) is 38.9 Å². The molecule has 2 N–H and O–H groups in total. The average Bonchev–Trinajstić information content (AvgIpc) is 2.86. The molecule has 0 bridgehead atoms. The fraction of sp³-hybridized carbons (Fsp3) is 0.727. The van der Waals surface area contributed by atoms with Crippen LogP contribution in [0.3, 0.4) is 0 Å². The van der Waals surface area contributed by atoms with Gasteiger partial charge < -0.3 is 5.73 Å². The second-order valence-electron chi connectivity index (χ2n) is 4.22. The third kappa shape index (κ3) is 2.34. The molecule has 1 saturated carbocycles. The summed E-state index contributed by atoms with van der Waals surface area (Å²) in [4.78, 5) is 4.34. The van der Waals surface area contributed by atoms with E-state index < -0.39 is 0 Å². The van der Waals surface area contributed by atoms with Crippen LogP contribution in [0.15, 0.2) is 10.9 Å². The first-order valence-electron chi connectivity index (χ1n) is 5.47. The minimum absolute atomic E-state index is 0.666. The van der Waals surface area contributed by atoms with Gasteiger partial charge in [-0.05, 0) is 24.8 Å². The van der Waals surface area contributed by atoms with Crippen LogP contribution in [-0.2, 0) is 6.42 Å². The van der Waals surface area contributed by atoms with Crippen LogP contribution in [0.5, 0.6) is 0 Å². The number of hydrogen-bond donors (Lipinski definition) is 1. The zero-order chi connectivity index (χ0) is 9.80. The maximum atomic E-state index is 5.84. The smallest absolute Gasteiger partial charge is 0.0794 e. The Labute approximate surface area is 89.5 Å². The molecular weight excluding hydrogens is 192 g/mol. The second kappa shape index (κ2) is 4.89. The van der Waals surface area contributed by atoms with Crippen LogP contribution in [-0.4, -0.2) is 11.5 Å². The molecule has 1 aliphatic carbocycles. The quantitative estimate of drug-likeness (QED) is 0.829. The van der Waals surface area contributed by atoms with Gasteiger partial charge in [-0.3, -0.25) is 0 Å². The van der Waals surface area contributed by atoms with E-state index in [9.17, 15) is 0 Å². The Bertz CT molecular complexity index is 252. The molecule has 0 aromatic carbocycles. The van der Waals surface area contributed by atoms with Crippen LogP contribution in [0.25, 0.3) is 0 Å². The molecule has 2 rings (SSSR count). The molecule has 2 nitrogen and oxygen atoms in total. The lowest BCUT2D eigenvalue weighted by atomic mass is 9.87. The summed E-state index contributed by atoms with van der Waals surface area (Å²) in [7, 11) is 0. The van der Waals surface area contributed by atoms with Crippen LogP contribution >= 0.6 is 11.3 Å². The van der Waals surface area contributed by atoms with Gasteiger partial charge in [-0.25, -0.2) is 4.98 Å². The van der Waals surface area contributed by atoms with Gasteiger partial charge in [0.05, 0.1) is 11.2 Å². The summed E-state index contributed by atoms with van der Waals surface area (Å²) >= 11 is 1.68. The summed E-state index contributed by atoms with van der Waals surface area (Å²) in [6, 6.07) is 0. The molecule has 78 valence electrons. The summed E-state index contributed by atoms with van der Waals surface area (Å²) in [6.45, 7) is 0.822. The highest BCUT2D eigenvalue weighted by Crippen LogP contribution is 2.32. The van der Waals surface area contributed by atoms with Gasteiger partial charge in [0.2, 0.25) is 0 Å². The van der Waals surface area contributed by atoms with Crippen molar-refractivity contribution < 1.29 is 0 Å². The molecule has 0 saturated heterocycles. The number of rotatable bonds is 4. The van der Waals surface area contributed by atoms with Gasteiger partial charge in [0.25, 0.3) is 0 Å². The normalized spacial score (nSPS) is 20.1. The summed E-state index contributed by atoms with van der Waals surface area (Å²) in [6.07, 6.45) is 6.65. The molecule has 1 aromatic rings. The highest BCUT2D eigenvalue weighted by Gasteiger charge is 2.24. The third-order valence-electron chi connectivity index (χ3n) is 3.32. The summed E-state index contributed by atoms with van der Waals surface area (Å²) in [5, 5.41) is 2.15. The van der Waals surface area contributed by atoms with E-state index >= 15 is 0 Å². The fourth-order valence-corrected chi connectivity index (χ4v) is 3.05. The number of nitrogens with zero attached hydrogens (tertiary/aromatic N) is 1. The van der Waals surface area contributed by atoms with Crippen molar-refractivity contribution in [3.8, 4) is 0 Å². The Morgan fingerprint density at radius 3 is 2.86 bits per heavy atom. The van der Waals surface area contributed by atoms with Gasteiger partial charge in [0.1, 0.15) is 0 Å². The predicted molar refractivity (Wildman–Crippen MR) is 60.3 cm³/mol. The molecule has 0 amide bonds. The first kappa shape index (κ1) is 10.1. The number of thiazole rings is 1. The van der Waals surface area contributed by atoms with Crippen molar-refractivity contribution in [1.29, 1.82) is 0 Å². The van der Waals surface area contributed by atoms with Gasteiger partial charge in [-0.2, -0.15) is 0 Å². The largest absolute Gasteiger partial charge is 0.330 e. The fourth-order valence-electron chi connectivity index (χ4n) is 2.48. The van der Waals surface area contributed by atoms with Gasteiger partial charge in [-0.15, -0.1) is 11.3 Å². The highest BCUT2D eigenvalue weighted by atomic mass is 32.1. The van der Waals surface area contributed by atoms with Gasteiger partial charge in [0.15, 0.2) is 0 Å². The molecule has 14 heavy (non-hydrogen) atoms. The third-order valence-corrected chi connectivity index (χ3v) is 3.96. The van der Waals surface area contributed by atoms with Gasteiger partial charge in [0, 0.05) is 5.38 Å². The molecule has 1 aromatic heterocycles. The molecule has 1 aliphatic rings. The van der Waals surface area contributed by atoms with Crippen LogP contribution in [0.4, 0.5) is 0 Å². The van der Waals surface area contributed by atoms with Crippen LogP contribution in [0, 0.1) is 11.8 Å². The van der Waals surface area contributed by atoms with Crippen molar-refractivity contribution in [3.63, 3.8) is 0 Å². The zero-order valence-electron chi connectivity index (χ0n) is 8.48. The molecule has 1 heterocycles. The summed E-state index contributed by atoms with van der Waals surface area (Å²) in [5.74, 6) is 1.53. The minimum atomic E-state index is 0.666. The molecule has 3 heteroatoms. The van der Waals surface area contributed by atoms with Crippen LogP contribution < -0.4 is 5.73 Å². The Morgan fingerprint density at radius 2 is 2.29 bits per heavy atom. The van der Waals surface area contributed by atoms with E-state index in [2.05, 4.69) is 10.4 Å². The lowest BCUT2D eigenvalue weighted by Gasteiger charge is -2.20. The van der Waals surface area contributed by atoms with E-state index in [0.717, 1.165) is 18.9 Å². The SMILES string of the molecule is NCC(Cc1cscn1)C1CCCC1. The van der Waals surface area contributed by atoms with Crippen molar-refractivity contribution in [2.24, 2.45) is 17.6 Å². The van der Waals surface area contributed by atoms with Crippen LogP contribution in [0.2, 0.25) is 0 Å². The standard InChI is InChI=1S/C11H18N2S/c12-6-10(9-3-1-2-4-9)5-11-7-14-8-13-11/h7-10H,1-6,12H2. The first-order chi connectivity index (χ1) is 6.90. The Hall–Kier alpha value is -0.410. The minimum Gasteiger partial charge on any atom is -0.330 e. The van der Waals surface area contributed by atoms with Crippen molar-refractivity contribution >= 4 is 11.3 Å². The second-order valence-corrected chi connectivity index (χ2v) is 4.94. The average molecular weight is 210 g/mol. The molecule has 1 fully saturated rings. The Balaban J connectivity index is 1.92. The number of nitrogens with two attached hydrogens (primary N) is 1. The molecular formula is C11H18N2S. The predicted octanol–water partition coefficient (Wildman–Crippen LogP) is 2.45. The highest BCUT2D eigenvalue weighted by molar-refractivity contribution is 7.07. The van der Waals surface area contributed by atoms with Crippen molar-refractivity contribution in [2.75, 3.05) is 6.54 Å². The van der Waals surface area contributed by atoms with E-state index in [-0.39, 0.29) is 0 Å². The van der Waals surface area contributed by atoms with E-state index in [0.29, 0.717) is 5.92 Å².